The molecule has 0 saturated heterocycles. The minimum Gasteiger partial charge on any atom is -0.324 e. The molecule has 1 amide bonds. The Morgan fingerprint density at radius 3 is 2.44 bits per heavy atom. The van der Waals surface area contributed by atoms with Crippen LogP contribution in [0.1, 0.15) is 26.3 Å². The first-order valence-electron chi connectivity index (χ1n) is 4.99. The molecule has 4 heteroatoms. The lowest BCUT2D eigenvalue weighted by atomic mass is 9.95. The number of amides is 1. The first-order valence-corrected chi connectivity index (χ1v) is 5.79. The monoisotopic (exact) mass is 287 g/mol. The van der Waals surface area contributed by atoms with E-state index < -0.39 is 5.41 Å². The predicted molar refractivity (Wildman–Crippen MR) is 66.9 cm³/mol. The van der Waals surface area contributed by atoms with Crippen molar-refractivity contribution in [2.45, 2.75) is 27.7 Å². The van der Waals surface area contributed by atoms with E-state index in [9.17, 15) is 9.18 Å². The largest absolute Gasteiger partial charge is 0.324 e. The third-order valence-electron chi connectivity index (χ3n) is 2.22. The van der Waals surface area contributed by atoms with E-state index in [4.69, 9.17) is 0 Å². The number of benzene rings is 1. The van der Waals surface area contributed by atoms with Crippen molar-refractivity contribution in [2.75, 3.05) is 5.32 Å². The molecule has 88 valence electrons. The van der Waals surface area contributed by atoms with Gasteiger partial charge in [0.15, 0.2) is 0 Å². The molecule has 16 heavy (non-hydrogen) atoms. The third kappa shape index (κ3) is 2.82. The van der Waals surface area contributed by atoms with Gasteiger partial charge >= 0.3 is 0 Å². The summed E-state index contributed by atoms with van der Waals surface area (Å²) in [6.45, 7) is 7.25. The van der Waals surface area contributed by atoms with Crippen LogP contribution in [0.4, 0.5) is 10.1 Å². The topological polar surface area (TPSA) is 29.1 Å². The van der Waals surface area contributed by atoms with Crippen molar-refractivity contribution in [2.24, 2.45) is 5.41 Å². The van der Waals surface area contributed by atoms with Crippen LogP contribution in [-0.2, 0) is 4.79 Å². The molecule has 1 aromatic rings. The summed E-state index contributed by atoms with van der Waals surface area (Å²) in [5, 5.41) is 2.73. The average molecular weight is 288 g/mol. The SMILES string of the molecule is Cc1ccc(F)c(Br)c1NC(=O)C(C)(C)C. The Morgan fingerprint density at radius 2 is 1.94 bits per heavy atom. The van der Waals surface area contributed by atoms with Crippen molar-refractivity contribution in [1.82, 2.24) is 0 Å². The minimum absolute atomic E-state index is 0.137. The van der Waals surface area contributed by atoms with Gasteiger partial charge in [-0.1, -0.05) is 26.8 Å². The van der Waals surface area contributed by atoms with Crippen LogP contribution in [0.3, 0.4) is 0 Å². The number of anilines is 1. The van der Waals surface area contributed by atoms with E-state index in [-0.39, 0.29) is 11.7 Å². The fourth-order valence-corrected chi connectivity index (χ4v) is 1.65. The first-order chi connectivity index (χ1) is 7.23. The van der Waals surface area contributed by atoms with Gasteiger partial charge in [0, 0.05) is 5.41 Å². The summed E-state index contributed by atoms with van der Waals surface area (Å²) in [7, 11) is 0. The molecular formula is C12H15BrFNO. The molecule has 2 nitrogen and oxygen atoms in total. The molecule has 1 rings (SSSR count). The number of aryl methyl sites for hydroxylation is 1. The van der Waals surface area contributed by atoms with Gasteiger partial charge < -0.3 is 5.32 Å². The standard InChI is InChI=1S/C12H15BrFNO/c1-7-5-6-8(14)9(13)10(7)15-11(16)12(2,3)4/h5-6H,1-4H3,(H,15,16). The van der Waals surface area contributed by atoms with E-state index in [1.54, 1.807) is 6.07 Å². The van der Waals surface area contributed by atoms with Gasteiger partial charge in [0.1, 0.15) is 5.82 Å². The van der Waals surface area contributed by atoms with Crippen LogP contribution >= 0.6 is 15.9 Å². The van der Waals surface area contributed by atoms with Crippen LogP contribution in [0.2, 0.25) is 0 Å². The number of halogens is 2. The Kier molecular flexibility index (Phi) is 3.73. The van der Waals surface area contributed by atoms with Crippen LogP contribution in [-0.4, -0.2) is 5.91 Å². The maximum atomic E-state index is 13.3. The van der Waals surface area contributed by atoms with E-state index >= 15 is 0 Å². The van der Waals surface area contributed by atoms with Gasteiger partial charge in [-0.3, -0.25) is 4.79 Å². The number of hydrogen-bond acceptors (Lipinski definition) is 1. The van der Waals surface area contributed by atoms with E-state index in [1.165, 1.54) is 6.07 Å². The minimum atomic E-state index is -0.502. The fraction of sp³-hybridized carbons (Fsp3) is 0.417. The average Bonchev–Trinajstić information content (AvgIpc) is 2.17. The highest BCUT2D eigenvalue weighted by Gasteiger charge is 2.23. The maximum absolute atomic E-state index is 13.3. The van der Waals surface area contributed by atoms with Gasteiger partial charge in [-0.15, -0.1) is 0 Å². The second kappa shape index (κ2) is 4.53. The van der Waals surface area contributed by atoms with Crippen LogP contribution in [0.25, 0.3) is 0 Å². The van der Waals surface area contributed by atoms with Gasteiger partial charge in [0.2, 0.25) is 5.91 Å². The highest BCUT2D eigenvalue weighted by atomic mass is 79.9. The molecule has 1 aromatic carbocycles. The lowest BCUT2D eigenvalue weighted by molar-refractivity contribution is -0.123. The summed E-state index contributed by atoms with van der Waals surface area (Å²) in [6, 6.07) is 3.00. The Morgan fingerprint density at radius 1 is 1.38 bits per heavy atom. The van der Waals surface area contributed by atoms with Crippen LogP contribution < -0.4 is 5.32 Å². The Bertz CT molecular complexity index is 424. The highest BCUT2D eigenvalue weighted by Crippen LogP contribution is 2.30. The van der Waals surface area contributed by atoms with Crippen molar-refractivity contribution in [1.29, 1.82) is 0 Å². The quantitative estimate of drug-likeness (QED) is 0.834. The molecule has 0 bridgehead atoms. The maximum Gasteiger partial charge on any atom is 0.229 e. The summed E-state index contributed by atoms with van der Waals surface area (Å²) in [5.74, 6) is -0.517. The van der Waals surface area contributed by atoms with E-state index in [0.29, 0.717) is 10.2 Å². The number of carbonyl (C=O) groups is 1. The number of hydrogen-bond donors (Lipinski definition) is 1. The van der Waals surface area contributed by atoms with Crippen molar-refractivity contribution < 1.29 is 9.18 Å². The van der Waals surface area contributed by atoms with Gasteiger partial charge in [-0.25, -0.2) is 4.39 Å². The summed E-state index contributed by atoms with van der Waals surface area (Å²) in [6.07, 6.45) is 0. The van der Waals surface area contributed by atoms with E-state index in [1.807, 2.05) is 27.7 Å². The summed E-state index contributed by atoms with van der Waals surface area (Å²) < 4.78 is 13.6. The van der Waals surface area contributed by atoms with Crippen LogP contribution in [0.5, 0.6) is 0 Å². The Balaban J connectivity index is 3.07. The highest BCUT2D eigenvalue weighted by molar-refractivity contribution is 9.10. The molecular weight excluding hydrogens is 273 g/mol. The predicted octanol–water partition coefficient (Wildman–Crippen LogP) is 3.88. The first kappa shape index (κ1) is 13.2. The van der Waals surface area contributed by atoms with Gasteiger partial charge in [-0.2, -0.15) is 0 Å². The van der Waals surface area contributed by atoms with Crippen molar-refractivity contribution >= 4 is 27.5 Å². The van der Waals surface area contributed by atoms with Crippen LogP contribution in [0.15, 0.2) is 16.6 Å². The summed E-state index contributed by atoms with van der Waals surface area (Å²) >= 11 is 3.14. The molecule has 0 fully saturated rings. The number of nitrogens with one attached hydrogen (secondary N) is 1. The molecule has 0 unspecified atom stereocenters. The van der Waals surface area contributed by atoms with Crippen LogP contribution in [0, 0.1) is 18.2 Å². The summed E-state index contributed by atoms with van der Waals surface area (Å²) in [5.41, 5.74) is 0.823. The second-order valence-corrected chi connectivity index (χ2v) is 5.55. The molecule has 0 spiro atoms. The normalized spacial score (nSPS) is 11.4. The molecule has 1 N–H and O–H groups in total. The molecule has 0 aromatic heterocycles. The zero-order valence-electron chi connectivity index (χ0n) is 9.82. The third-order valence-corrected chi connectivity index (χ3v) is 3.00. The lowest BCUT2D eigenvalue weighted by Gasteiger charge is -2.19. The van der Waals surface area contributed by atoms with E-state index in [2.05, 4.69) is 21.2 Å². The zero-order valence-corrected chi connectivity index (χ0v) is 11.4. The molecule has 0 radical (unpaired) electrons. The zero-order chi connectivity index (χ0) is 12.5. The number of rotatable bonds is 1. The van der Waals surface area contributed by atoms with Crippen molar-refractivity contribution in [3.8, 4) is 0 Å². The van der Waals surface area contributed by atoms with Gasteiger partial charge in [0.25, 0.3) is 0 Å². The molecule has 0 aliphatic rings. The lowest BCUT2D eigenvalue weighted by Crippen LogP contribution is -2.28. The molecule has 0 saturated carbocycles. The van der Waals surface area contributed by atoms with Gasteiger partial charge in [0.05, 0.1) is 10.2 Å². The molecule has 0 aliphatic heterocycles. The van der Waals surface area contributed by atoms with Crippen molar-refractivity contribution in [3.63, 3.8) is 0 Å². The Labute approximate surface area is 103 Å². The van der Waals surface area contributed by atoms with E-state index in [0.717, 1.165) is 5.56 Å². The second-order valence-electron chi connectivity index (χ2n) is 4.76. The molecule has 0 aliphatic carbocycles. The van der Waals surface area contributed by atoms with Crippen molar-refractivity contribution in [3.05, 3.63) is 28.0 Å². The molecule has 0 atom stereocenters. The van der Waals surface area contributed by atoms with Gasteiger partial charge in [-0.05, 0) is 34.5 Å². The molecule has 0 heterocycles. The Hall–Kier alpha value is -0.900. The smallest absolute Gasteiger partial charge is 0.229 e. The fourth-order valence-electron chi connectivity index (χ4n) is 1.10. The number of carbonyl (C=O) groups excluding carboxylic acids is 1. The summed E-state index contributed by atoms with van der Waals surface area (Å²) in [4.78, 5) is 11.8.